The summed E-state index contributed by atoms with van der Waals surface area (Å²) in [6.07, 6.45) is 3.36. The molecule has 4 aromatic rings. The number of hydrogen-bond donors (Lipinski definition) is 1. The summed E-state index contributed by atoms with van der Waals surface area (Å²) < 4.78 is 20.9. The molecule has 0 unspecified atom stereocenters. The average Bonchev–Trinajstić information content (AvgIpc) is 3.56. The number of nitrogens with one attached hydrogen (secondary N) is 1. The number of alkyl carbamates (subject to hydrolysis) is 1. The van der Waals surface area contributed by atoms with E-state index in [4.69, 9.17) is 4.74 Å². The van der Waals surface area contributed by atoms with Crippen molar-refractivity contribution in [2.75, 3.05) is 13.1 Å². The second-order valence-corrected chi connectivity index (χ2v) is 10.4. The van der Waals surface area contributed by atoms with Crippen molar-refractivity contribution in [2.24, 2.45) is 0 Å². The van der Waals surface area contributed by atoms with E-state index in [1.54, 1.807) is 16.8 Å². The van der Waals surface area contributed by atoms with E-state index in [-0.39, 0.29) is 24.5 Å². The molecule has 1 N–H and O–H groups in total. The topological polar surface area (TPSA) is 126 Å². The van der Waals surface area contributed by atoms with E-state index < -0.39 is 17.4 Å². The zero-order valence-corrected chi connectivity index (χ0v) is 22.9. The number of amides is 2. The lowest BCUT2D eigenvalue weighted by atomic mass is 9.82. The largest absolute Gasteiger partial charge is 0.445 e. The first-order valence-electron chi connectivity index (χ1n) is 13.7. The summed E-state index contributed by atoms with van der Waals surface area (Å²) in [5, 5.41) is 23.4. The van der Waals surface area contributed by atoms with Gasteiger partial charge in [-0.3, -0.25) is 4.79 Å². The number of aryl methyl sites for hydroxylation is 1. The van der Waals surface area contributed by atoms with Gasteiger partial charge < -0.3 is 15.0 Å². The molecule has 10 nitrogen and oxygen atoms in total. The molecule has 5 rings (SSSR count). The van der Waals surface area contributed by atoms with Gasteiger partial charge in [-0.2, -0.15) is 5.26 Å². The third kappa shape index (κ3) is 7.14. The normalized spacial score (nSPS) is 14.1. The van der Waals surface area contributed by atoms with Crippen molar-refractivity contribution in [2.45, 2.75) is 44.2 Å². The fraction of sp³-hybridized carbons (Fsp3) is 0.290. The minimum absolute atomic E-state index is 0.00243. The molecule has 1 aliphatic rings. The van der Waals surface area contributed by atoms with E-state index in [0.29, 0.717) is 38.8 Å². The van der Waals surface area contributed by atoms with Crippen molar-refractivity contribution in [3.8, 4) is 11.8 Å². The van der Waals surface area contributed by atoms with E-state index in [2.05, 4.69) is 20.8 Å². The molecule has 0 bridgehead atoms. The number of piperidine rings is 1. The third-order valence-corrected chi connectivity index (χ3v) is 7.60. The van der Waals surface area contributed by atoms with Gasteiger partial charge in [-0.25, -0.2) is 13.9 Å². The molecule has 1 aliphatic heterocycles. The van der Waals surface area contributed by atoms with E-state index in [9.17, 15) is 19.2 Å². The molecule has 11 heteroatoms. The molecule has 214 valence electrons. The molecule has 0 spiro atoms. The molecule has 1 aromatic heterocycles. The number of hydrogen-bond acceptors (Lipinski definition) is 7. The lowest BCUT2D eigenvalue weighted by molar-refractivity contribution is -0.132. The number of nitriles is 1. The van der Waals surface area contributed by atoms with Crippen molar-refractivity contribution >= 4 is 12.0 Å². The van der Waals surface area contributed by atoms with Gasteiger partial charge in [-0.15, -0.1) is 5.10 Å². The summed E-state index contributed by atoms with van der Waals surface area (Å²) in [5.74, 6) is -0.557. The summed E-state index contributed by atoms with van der Waals surface area (Å²) in [6, 6.07) is 23.3. The van der Waals surface area contributed by atoms with Gasteiger partial charge in [0.1, 0.15) is 24.8 Å². The van der Waals surface area contributed by atoms with Gasteiger partial charge in [0.25, 0.3) is 0 Å². The van der Waals surface area contributed by atoms with E-state index in [1.807, 2.05) is 65.6 Å². The quantitative estimate of drug-likeness (QED) is 0.322. The minimum atomic E-state index is -0.626. The number of halogens is 1. The van der Waals surface area contributed by atoms with Crippen LogP contribution in [0.25, 0.3) is 5.69 Å². The predicted molar refractivity (Wildman–Crippen MR) is 151 cm³/mol. The molecular weight excluding hydrogens is 537 g/mol. The summed E-state index contributed by atoms with van der Waals surface area (Å²) in [4.78, 5) is 27.9. The lowest BCUT2D eigenvalue weighted by Gasteiger charge is -2.42. The highest BCUT2D eigenvalue weighted by molar-refractivity contribution is 5.79. The highest BCUT2D eigenvalue weighted by atomic mass is 19.1. The number of rotatable bonds is 9. The summed E-state index contributed by atoms with van der Waals surface area (Å²) in [5.41, 5.74) is 2.72. The molecule has 3 aromatic carbocycles. The van der Waals surface area contributed by atoms with Gasteiger partial charge in [0.15, 0.2) is 0 Å². The van der Waals surface area contributed by atoms with Crippen molar-refractivity contribution in [3.05, 3.63) is 107 Å². The summed E-state index contributed by atoms with van der Waals surface area (Å²) in [7, 11) is 0. The first-order chi connectivity index (χ1) is 20.4. The monoisotopic (exact) mass is 567 g/mol. The Bertz CT molecular complexity index is 1550. The van der Waals surface area contributed by atoms with Crippen LogP contribution in [-0.4, -0.2) is 55.7 Å². The Kier molecular flexibility index (Phi) is 8.82. The van der Waals surface area contributed by atoms with Gasteiger partial charge >= 0.3 is 6.09 Å². The Morgan fingerprint density at radius 2 is 1.74 bits per heavy atom. The number of ether oxygens (including phenoxy) is 1. The SMILES string of the molecule is N#Cc1cc(CCC2(NC(=O)OCc3ccccc3)CCN(C(=O)Cc3ccc(-n4cnnn4)cc3)CC2)ccc1F. The Balaban J connectivity index is 1.22. The standard InChI is InChI=1S/C31H30FN7O3/c32-28-11-8-24(18-26(28)20-33)12-13-31(35-30(41)42-21-25-4-2-1-3-5-25)14-16-38(17-15-31)29(40)19-23-6-9-27(10-7-23)39-22-34-36-37-39/h1-11,18,22H,12-17,19,21H2,(H,35,41). The molecule has 2 amide bonds. The smallest absolute Gasteiger partial charge is 0.407 e. The van der Waals surface area contributed by atoms with Crippen LogP contribution >= 0.6 is 0 Å². The summed E-state index contributed by atoms with van der Waals surface area (Å²) >= 11 is 0. The Labute approximate surface area is 242 Å². The van der Waals surface area contributed by atoms with Gasteiger partial charge in [0.2, 0.25) is 5.91 Å². The minimum Gasteiger partial charge on any atom is -0.445 e. The molecule has 1 saturated heterocycles. The van der Waals surface area contributed by atoms with Crippen LogP contribution in [0.3, 0.4) is 0 Å². The van der Waals surface area contributed by atoms with Crippen LogP contribution in [-0.2, 0) is 29.0 Å². The maximum atomic E-state index is 13.9. The third-order valence-electron chi connectivity index (χ3n) is 7.60. The maximum absolute atomic E-state index is 13.9. The fourth-order valence-corrected chi connectivity index (χ4v) is 5.13. The molecule has 0 saturated carbocycles. The van der Waals surface area contributed by atoms with E-state index >= 15 is 0 Å². The lowest BCUT2D eigenvalue weighted by Crippen LogP contribution is -2.56. The second-order valence-electron chi connectivity index (χ2n) is 10.4. The van der Waals surface area contributed by atoms with Crippen LogP contribution in [0, 0.1) is 17.1 Å². The first-order valence-corrected chi connectivity index (χ1v) is 13.7. The number of benzene rings is 3. The van der Waals surface area contributed by atoms with Gasteiger partial charge in [0, 0.05) is 18.6 Å². The number of tetrazole rings is 1. The number of aromatic nitrogens is 4. The number of carbonyl (C=O) groups excluding carboxylic acids is 2. The summed E-state index contributed by atoms with van der Waals surface area (Å²) in [6.45, 7) is 1.07. The van der Waals surface area contributed by atoms with Crippen LogP contribution in [0.15, 0.2) is 79.1 Å². The predicted octanol–water partition coefficient (Wildman–Crippen LogP) is 4.14. The van der Waals surface area contributed by atoms with Crippen LogP contribution in [0.1, 0.15) is 41.5 Å². The van der Waals surface area contributed by atoms with Gasteiger partial charge in [-0.05, 0) is 77.1 Å². The van der Waals surface area contributed by atoms with Crippen LogP contribution in [0.4, 0.5) is 9.18 Å². The van der Waals surface area contributed by atoms with Crippen molar-refractivity contribution < 1.29 is 18.7 Å². The van der Waals surface area contributed by atoms with Gasteiger partial charge in [-0.1, -0.05) is 48.5 Å². The highest BCUT2D eigenvalue weighted by Gasteiger charge is 2.37. The van der Waals surface area contributed by atoms with Crippen LogP contribution < -0.4 is 5.32 Å². The Morgan fingerprint density at radius 1 is 1.00 bits per heavy atom. The number of carbonyl (C=O) groups is 2. The molecule has 0 radical (unpaired) electrons. The average molecular weight is 568 g/mol. The first kappa shape index (κ1) is 28.4. The zero-order valence-electron chi connectivity index (χ0n) is 22.9. The second kappa shape index (κ2) is 13.0. The fourth-order valence-electron chi connectivity index (χ4n) is 5.13. The van der Waals surface area contributed by atoms with Crippen molar-refractivity contribution in [1.82, 2.24) is 30.4 Å². The molecule has 2 heterocycles. The van der Waals surface area contributed by atoms with Gasteiger partial charge in [0.05, 0.1) is 17.7 Å². The molecule has 0 atom stereocenters. The zero-order chi connectivity index (χ0) is 29.4. The van der Waals surface area contributed by atoms with Crippen LogP contribution in [0.5, 0.6) is 0 Å². The Hall–Kier alpha value is -5.11. The molecule has 1 fully saturated rings. The molecule has 0 aliphatic carbocycles. The van der Waals surface area contributed by atoms with Crippen molar-refractivity contribution in [3.63, 3.8) is 0 Å². The van der Waals surface area contributed by atoms with E-state index in [0.717, 1.165) is 22.4 Å². The molecular formula is C31H30FN7O3. The maximum Gasteiger partial charge on any atom is 0.407 e. The number of nitrogens with zero attached hydrogens (tertiary/aromatic N) is 6. The highest BCUT2D eigenvalue weighted by Crippen LogP contribution is 2.29. The molecule has 42 heavy (non-hydrogen) atoms. The Morgan fingerprint density at radius 3 is 2.43 bits per heavy atom. The number of likely N-dealkylation sites (tertiary alicyclic amines) is 1. The van der Waals surface area contributed by atoms with Crippen LogP contribution in [0.2, 0.25) is 0 Å². The van der Waals surface area contributed by atoms with E-state index in [1.165, 1.54) is 12.4 Å². The van der Waals surface area contributed by atoms with Crippen molar-refractivity contribution in [1.29, 1.82) is 5.26 Å².